The molecule has 166 valence electrons. The number of hydrogen-bond donors (Lipinski definition) is 2. The van der Waals surface area contributed by atoms with Gasteiger partial charge in [0.15, 0.2) is 5.96 Å². The number of methoxy groups -OCH3 is 1. The number of nitrogens with one attached hydrogen (secondary N) is 2. The highest BCUT2D eigenvalue weighted by molar-refractivity contribution is 14.0. The Morgan fingerprint density at radius 3 is 2.37 bits per heavy atom. The molecule has 0 aliphatic carbocycles. The predicted molar refractivity (Wildman–Crippen MR) is 124 cm³/mol. The summed E-state index contributed by atoms with van der Waals surface area (Å²) in [6, 6.07) is 12.4. The lowest BCUT2D eigenvalue weighted by Gasteiger charge is -2.16. The van der Waals surface area contributed by atoms with Crippen LogP contribution in [0.4, 0.5) is 8.78 Å². The van der Waals surface area contributed by atoms with Gasteiger partial charge in [-0.2, -0.15) is 8.78 Å². The number of nitrogens with zero attached hydrogens (tertiary/aromatic N) is 1. The van der Waals surface area contributed by atoms with Crippen molar-refractivity contribution in [1.82, 2.24) is 10.6 Å². The second-order valence-corrected chi connectivity index (χ2v) is 6.45. The molecule has 0 saturated heterocycles. The predicted octanol–water partition coefficient (Wildman–Crippen LogP) is 4.57. The molecule has 0 aliphatic heterocycles. The first-order chi connectivity index (χ1) is 13.9. The minimum Gasteiger partial charge on any atom is -0.497 e. The SMILES string of the molecule is CN=C(NCc1cccc(OC(C)C)c1)NCc1cc(OC)ccc1OC(F)F.I. The highest BCUT2D eigenvalue weighted by atomic mass is 127. The van der Waals surface area contributed by atoms with Crippen molar-refractivity contribution in [2.24, 2.45) is 4.99 Å². The molecule has 0 heterocycles. The van der Waals surface area contributed by atoms with E-state index >= 15 is 0 Å². The van der Waals surface area contributed by atoms with Gasteiger partial charge in [0.05, 0.1) is 13.2 Å². The van der Waals surface area contributed by atoms with Crippen molar-refractivity contribution < 1.29 is 23.0 Å². The van der Waals surface area contributed by atoms with Gasteiger partial charge in [-0.05, 0) is 49.7 Å². The lowest BCUT2D eigenvalue weighted by Crippen LogP contribution is -2.36. The summed E-state index contributed by atoms with van der Waals surface area (Å²) in [5.74, 6) is 1.95. The van der Waals surface area contributed by atoms with E-state index in [0.29, 0.717) is 23.8 Å². The smallest absolute Gasteiger partial charge is 0.387 e. The number of benzene rings is 2. The van der Waals surface area contributed by atoms with Gasteiger partial charge in [0.25, 0.3) is 0 Å². The van der Waals surface area contributed by atoms with E-state index in [-0.39, 0.29) is 42.4 Å². The molecule has 0 bridgehead atoms. The largest absolute Gasteiger partial charge is 0.497 e. The molecule has 0 amide bonds. The van der Waals surface area contributed by atoms with Crippen molar-refractivity contribution in [1.29, 1.82) is 0 Å². The summed E-state index contributed by atoms with van der Waals surface area (Å²) in [6.45, 7) is 1.80. The number of hydrogen-bond acceptors (Lipinski definition) is 4. The molecule has 0 aliphatic rings. The lowest BCUT2D eigenvalue weighted by molar-refractivity contribution is -0.0505. The average molecular weight is 535 g/mol. The van der Waals surface area contributed by atoms with E-state index in [0.717, 1.165) is 11.3 Å². The van der Waals surface area contributed by atoms with Crippen LogP contribution in [0.15, 0.2) is 47.5 Å². The van der Waals surface area contributed by atoms with Crippen LogP contribution < -0.4 is 24.8 Å². The summed E-state index contributed by atoms with van der Waals surface area (Å²) < 4.78 is 40.7. The normalized spacial score (nSPS) is 11.1. The zero-order chi connectivity index (χ0) is 21.2. The van der Waals surface area contributed by atoms with Crippen molar-refractivity contribution >= 4 is 29.9 Å². The van der Waals surface area contributed by atoms with E-state index < -0.39 is 6.61 Å². The van der Waals surface area contributed by atoms with Crippen LogP contribution in [0.25, 0.3) is 0 Å². The number of alkyl halides is 2. The third-order valence-corrected chi connectivity index (χ3v) is 3.88. The highest BCUT2D eigenvalue weighted by Crippen LogP contribution is 2.25. The van der Waals surface area contributed by atoms with E-state index in [2.05, 4.69) is 20.4 Å². The first-order valence-corrected chi connectivity index (χ1v) is 9.23. The zero-order valence-electron chi connectivity index (χ0n) is 17.4. The zero-order valence-corrected chi connectivity index (χ0v) is 19.8. The second kappa shape index (κ2) is 13.1. The third kappa shape index (κ3) is 8.60. The molecule has 2 aromatic carbocycles. The molecule has 0 fully saturated rings. The molecule has 0 radical (unpaired) electrons. The van der Waals surface area contributed by atoms with Gasteiger partial charge in [0, 0.05) is 25.7 Å². The quantitative estimate of drug-likeness (QED) is 0.280. The summed E-state index contributed by atoms with van der Waals surface area (Å²) in [6.07, 6.45) is 0.0974. The number of aliphatic imine (C=N–C) groups is 1. The Labute approximate surface area is 193 Å². The standard InChI is InChI=1S/C21H27F2N3O3.HI/c1-14(2)28-18-7-5-6-15(10-18)12-25-21(24-3)26-13-16-11-17(27-4)8-9-19(16)29-20(22)23;/h5-11,14,20H,12-13H2,1-4H3,(H2,24,25,26);1H. The van der Waals surface area contributed by atoms with Gasteiger partial charge >= 0.3 is 6.61 Å². The minimum absolute atomic E-state index is 0. The van der Waals surface area contributed by atoms with Gasteiger partial charge in [0.1, 0.15) is 17.2 Å². The van der Waals surface area contributed by atoms with E-state index in [1.54, 1.807) is 19.2 Å². The van der Waals surface area contributed by atoms with Gasteiger partial charge < -0.3 is 24.8 Å². The maximum Gasteiger partial charge on any atom is 0.387 e. The molecule has 0 spiro atoms. The van der Waals surface area contributed by atoms with Crippen LogP contribution in [-0.4, -0.2) is 32.8 Å². The Hall–Kier alpha value is -2.30. The first kappa shape index (κ1) is 25.7. The third-order valence-electron chi connectivity index (χ3n) is 3.88. The van der Waals surface area contributed by atoms with Crippen molar-refractivity contribution in [3.05, 3.63) is 53.6 Å². The van der Waals surface area contributed by atoms with Gasteiger partial charge in [0.2, 0.25) is 0 Å². The number of ether oxygens (including phenoxy) is 3. The molecule has 0 unspecified atom stereocenters. The first-order valence-electron chi connectivity index (χ1n) is 9.23. The van der Waals surface area contributed by atoms with Gasteiger partial charge in [-0.1, -0.05) is 12.1 Å². The van der Waals surface area contributed by atoms with Crippen LogP contribution in [0, 0.1) is 0 Å². The fourth-order valence-electron chi connectivity index (χ4n) is 2.62. The molecule has 0 saturated carbocycles. The van der Waals surface area contributed by atoms with Crippen molar-refractivity contribution in [3.8, 4) is 17.2 Å². The molecule has 0 aromatic heterocycles. The fraction of sp³-hybridized carbons (Fsp3) is 0.381. The fourth-order valence-corrected chi connectivity index (χ4v) is 2.62. The molecule has 30 heavy (non-hydrogen) atoms. The van der Waals surface area contributed by atoms with Crippen molar-refractivity contribution in [2.45, 2.75) is 39.7 Å². The van der Waals surface area contributed by atoms with Crippen molar-refractivity contribution in [3.63, 3.8) is 0 Å². The number of halogens is 3. The summed E-state index contributed by atoms with van der Waals surface area (Å²) >= 11 is 0. The Kier molecular flexibility index (Phi) is 11.2. The van der Waals surface area contributed by atoms with Gasteiger partial charge in [-0.25, -0.2) is 0 Å². The monoisotopic (exact) mass is 535 g/mol. The average Bonchev–Trinajstić information content (AvgIpc) is 2.68. The van der Waals surface area contributed by atoms with E-state index in [9.17, 15) is 8.78 Å². The number of guanidine groups is 1. The molecule has 2 aromatic rings. The summed E-state index contributed by atoms with van der Waals surface area (Å²) in [5.41, 5.74) is 1.55. The maximum absolute atomic E-state index is 12.6. The van der Waals surface area contributed by atoms with Crippen LogP contribution in [0.3, 0.4) is 0 Å². The minimum atomic E-state index is -2.90. The van der Waals surface area contributed by atoms with Crippen LogP contribution in [0.5, 0.6) is 17.2 Å². The lowest BCUT2D eigenvalue weighted by atomic mass is 10.2. The number of rotatable bonds is 9. The van der Waals surface area contributed by atoms with Gasteiger partial charge in [-0.15, -0.1) is 24.0 Å². The van der Waals surface area contributed by atoms with Crippen LogP contribution in [-0.2, 0) is 13.1 Å². The molecule has 2 rings (SSSR count). The van der Waals surface area contributed by atoms with Crippen molar-refractivity contribution in [2.75, 3.05) is 14.2 Å². The summed E-state index contributed by atoms with van der Waals surface area (Å²) in [5, 5.41) is 6.28. The summed E-state index contributed by atoms with van der Waals surface area (Å²) in [7, 11) is 3.15. The molecular formula is C21H28F2IN3O3. The Morgan fingerprint density at radius 2 is 1.73 bits per heavy atom. The second-order valence-electron chi connectivity index (χ2n) is 6.45. The van der Waals surface area contributed by atoms with E-state index in [4.69, 9.17) is 9.47 Å². The summed E-state index contributed by atoms with van der Waals surface area (Å²) in [4.78, 5) is 4.17. The molecular weight excluding hydrogens is 507 g/mol. The topological polar surface area (TPSA) is 64.1 Å². The Morgan fingerprint density at radius 1 is 1.00 bits per heavy atom. The Bertz CT molecular complexity index is 820. The molecule has 6 nitrogen and oxygen atoms in total. The maximum atomic E-state index is 12.6. The van der Waals surface area contributed by atoms with E-state index in [1.165, 1.54) is 13.2 Å². The Balaban J connectivity index is 0.00000450. The molecule has 9 heteroatoms. The highest BCUT2D eigenvalue weighted by Gasteiger charge is 2.12. The molecule has 2 N–H and O–H groups in total. The van der Waals surface area contributed by atoms with Crippen LogP contribution in [0.2, 0.25) is 0 Å². The molecule has 0 atom stereocenters. The van der Waals surface area contributed by atoms with Crippen LogP contribution in [0.1, 0.15) is 25.0 Å². The van der Waals surface area contributed by atoms with Gasteiger partial charge in [-0.3, -0.25) is 4.99 Å². The van der Waals surface area contributed by atoms with E-state index in [1.807, 2.05) is 38.1 Å². The van der Waals surface area contributed by atoms with Crippen LogP contribution >= 0.6 is 24.0 Å².